The Morgan fingerprint density at radius 2 is 1.53 bits per heavy atom. The van der Waals surface area contributed by atoms with Gasteiger partial charge in [0.15, 0.2) is 6.54 Å². The van der Waals surface area contributed by atoms with Crippen molar-refractivity contribution >= 4 is 17.5 Å². The van der Waals surface area contributed by atoms with Gasteiger partial charge in [-0.3, -0.25) is 5.41 Å². The van der Waals surface area contributed by atoms with Crippen molar-refractivity contribution in [2.24, 2.45) is 5.73 Å². The maximum atomic E-state index is 12.2. The highest BCUT2D eigenvalue weighted by molar-refractivity contribution is 5.95. The fraction of sp³-hybridized carbons (Fsp3) is 0.417. The maximum Gasteiger partial charge on any atom is 0.362 e. The van der Waals surface area contributed by atoms with Crippen LogP contribution in [0.2, 0.25) is 0 Å². The minimum atomic E-state index is -0.438. The van der Waals surface area contributed by atoms with Crippen molar-refractivity contribution < 1.29 is 14.0 Å². The number of likely N-dealkylation sites (N-methyl/N-ethyl adjacent to an activating group) is 1. The van der Waals surface area contributed by atoms with Crippen LogP contribution in [-0.4, -0.2) is 61.7 Å². The van der Waals surface area contributed by atoms with E-state index in [9.17, 15) is 4.79 Å². The molecule has 2 aromatic carbocycles. The first kappa shape index (κ1) is 21.8. The van der Waals surface area contributed by atoms with Crippen molar-refractivity contribution in [2.75, 3.05) is 44.7 Å². The van der Waals surface area contributed by atoms with Crippen LogP contribution in [0.25, 0.3) is 11.1 Å². The van der Waals surface area contributed by atoms with E-state index in [1.165, 1.54) is 5.69 Å². The predicted octanol–water partition coefficient (Wildman–Crippen LogP) is 3.25. The third-order valence-corrected chi connectivity index (χ3v) is 5.51. The minimum Gasteiger partial charge on any atom is -0.456 e. The molecule has 0 saturated carbocycles. The van der Waals surface area contributed by atoms with E-state index < -0.39 is 5.60 Å². The summed E-state index contributed by atoms with van der Waals surface area (Å²) in [5, 5.41) is 7.50. The number of piperazine rings is 1. The Bertz CT molecular complexity index is 890. The van der Waals surface area contributed by atoms with Gasteiger partial charge in [-0.15, -0.1) is 0 Å². The molecule has 0 aliphatic carbocycles. The fourth-order valence-electron chi connectivity index (χ4n) is 3.76. The van der Waals surface area contributed by atoms with Crippen molar-refractivity contribution in [3.8, 4) is 11.1 Å². The number of carbonyl (C=O) groups excluding carboxylic acids is 1. The molecule has 0 spiro atoms. The first-order valence-electron chi connectivity index (χ1n) is 10.4. The van der Waals surface area contributed by atoms with E-state index in [-0.39, 0.29) is 11.8 Å². The molecule has 160 valence electrons. The van der Waals surface area contributed by atoms with Crippen LogP contribution in [-0.2, 0) is 9.53 Å². The van der Waals surface area contributed by atoms with Gasteiger partial charge in [-0.2, -0.15) is 0 Å². The summed E-state index contributed by atoms with van der Waals surface area (Å²) in [6.07, 6.45) is 0. The smallest absolute Gasteiger partial charge is 0.362 e. The molecule has 0 aromatic heterocycles. The molecule has 1 fully saturated rings. The van der Waals surface area contributed by atoms with Gasteiger partial charge in [-0.25, -0.2) is 4.79 Å². The highest BCUT2D eigenvalue weighted by Gasteiger charge is 2.33. The number of carbonyl (C=O) groups is 1. The lowest BCUT2D eigenvalue weighted by Gasteiger charge is -2.42. The van der Waals surface area contributed by atoms with Crippen molar-refractivity contribution in [3.63, 3.8) is 0 Å². The van der Waals surface area contributed by atoms with Gasteiger partial charge in [0.1, 0.15) is 11.4 Å². The standard InChI is InChI=1S/C24H33N4O2/c1-24(2,3)30-22(29)17-28(4)15-13-27(14-16-28)21-11-9-19(10-12-21)18-5-7-20(8-6-18)23(25)26/h5-12H,13-17H2,1-4H3,(H3,25,26)/q+1. The Labute approximate surface area is 179 Å². The second-order valence-corrected chi connectivity index (χ2v) is 9.34. The molecular weight excluding hydrogens is 376 g/mol. The third-order valence-electron chi connectivity index (χ3n) is 5.51. The largest absolute Gasteiger partial charge is 0.456 e. The Balaban J connectivity index is 1.59. The van der Waals surface area contributed by atoms with Gasteiger partial charge < -0.3 is 19.9 Å². The van der Waals surface area contributed by atoms with Crippen LogP contribution in [0.4, 0.5) is 5.69 Å². The van der Waals surface area contributed by atoms with Gasteiger partial charge in [-0.05, 0) is 44.0 Å². The summed E-state index contributed by atoms with van der Waals surface area (Å²) < 4.78 is 6.22. The van der Waals surface area contributed by atoms with Crippen LogP contribution in [0, 0.1) is 5.41 Å². The zero-order chi connectivity index (χ0) is 21.9. The number of esters is 1. The topological polar surface area (TPSA) is 79.4 Å². The van der Waals surface area contributed by atoms with Crippen LogP contribution in [0.15, 0.2) is 48.5 Å². The molecule has 0 amide bonds. The molecule has 0 unspecified atom stereocenters. The first-order valence-corrected chi connectivity index (χ1v) is 10.4. The normalized spacial score (nSPS) is 16.2. The number of amidine groups is 1. The van der Waals surface area contributed by atoms with E-state index in [1.54, 1.807) is 0 Å². The molecule has 3 rings (SSSR count). The Kier molecular flexibility index (Phi) is 6.17. The van der Waals surface area contributed by atoms with Gasteiger partial charge in [0, 0.05) is 11.3 Å². The van der Waals surface area contributed by atoms with Gasteiger partial charge in [0.2, 0.25) is 0 Å². The Morgan fingerprint density at radius 1 is 1.03 bits per heavy atom. The summed E-state index contributed by atoms with van der Waals surface area (Å²) in [5.41, 5.74) is 9.26. The van der Waals surface area contributed by atoms with Crippen LogP contribution < -0.4 is 10.6 Å². The predicted molar refractivity (Wildman–Crippen MR) is 122 cm³/mol. The minimum absolute atomic E-state index is 0.0825. The fourth-order valence-corrected chi connectivity index (χ4v) is 3.76. The number of nitrogens with two attached hydrogens (primary N) is 1. The quantitative estimate of drug-likeness (QED) is 0.344. The second kappa shape index (κ2) is 8.48. The lowest BCUT2D eigenvalue weighted by Crippen LogP contribution is -2.59. The summed E-state index contributed by atoms with van der Waals surface area (Å²) in [5.74, 6) is -0.0438. The SMILES string of the molecule is CC(C)(C)OC(=O)C[N+]1(C)CCN(c2ccc(-c3ccc(C(=N)N)cc3)cc2)CC1. The van der Waals surface area contributed by atoms with Crippen molar-refractivity contribution in [3.05, 3.63) is 54.1 Å². The zero-order valence-electron chi connectivity index (χ0n) is 18.4. The molecule has 2 aromatic rings. The number of rotatable bonds is 5. The number of nitrogens with zero attached hydrogens (tertiary/aromatic N) is 2. The summed E-state index contributed by atoms with van der Waals surface area (Å²) >= 11 is 0. The Morgan fingerprint density at radius 3 is 2.00 bits per heavy atom. The molecule has 1 aliphatic heterocycles. The average Bonchev–Trinajstić information content (AvgIpc) is 2.67. The van der Waals surface area contributed by atoms with E-state index in [0.29, 0.717) is 11.0 Å². The molecule has 0 radical (unpaired) electrons. The summed E-state index contributed by atoms with van der Waals surface area (Å²) in [6, 6.07) is 16.3. The highest BCUT2D eigenvalue weighted by Crippen LogP contribution is 2.25. The molecule has 1 heterocycles. The number of quaternary nitrogens is 1. The molecule has 3 N–H and O–H groups in total. The lowest BCUT2D eigenvalue weighted by atomic mass is 10.0. The van der Waals surface area contributed by atoms with Crippen LogP contribution in [0.3, 0.4) is 0 Å². The molecule has 1 saturated heterocycles. The molecule has 1 aliphatic rings. The van der Waals surface area contributed by atoms with Crippen LogP contribution >= 0.6 is 0 Å². The molecule has 30 heavy (non-hydrogen) atoms. The van der Waals surface area contributed by atoms with E-state index in [1.807, 2.05) is 45.0 Å². The number of ether oxygens (including phenoxy) is 1. The van der Waals surface area contributed by atoms with E-state index in [2.05, 4.69) is 36.2 Å². The summed E-state index contributed by atoms with van der Waals surface area (Å²) in [4.78, 5) is 14.6. The number of hydrogen-bond donors (Lipinski definition) is 2. The lowest BCUT2D eigenvalue weighted by molar-refractivity contribution is -0.903. The van der Waals surface area contributed by atoms with Gasteiger partial charge in [0.05, 0.1) is 33.2 Å². The number of hydrogen-bond acceptors (Lipinski definition) is 4. The number of nitrogen functional groups attached to an aromatic ring is 1. The van der Waals surface area contributed by atoms with Crippen molar-refractivity contribution in [1.82, 2.24) is 0 Å². The zero-order valence-corrected chi connectivity index (χ0v) is 18.4. The monoisotopic (exact) mass is 409 g/mol. The van der Waals surface area contributed by atoms with E-state index >= 15 is 0 Å². The Hall–Kier alpha value is -2.86. The van der Waals surface area contributed by atoms with Gasteiger partial charge >= 0.3 is 5.97 Å². The van der Waals surface area contributed by atoms with Crippen LogP contribution in [0.1, 0.15) is 26.3 Å². The van der Waals surface area contributed by atoms with E-state index in [0.717, 1.165) is 42.9 Å². The van der Waals surface area contributed by atoms with Crippen molar-refractivity contribution in [1.29, 1.82) is 5.41 Å². The van der Waals surface area contributed by atoms with Gasteiger partial charge in [-0.1, -0.05) is 36.4 Å². The molecular formula is C24H33N4O2+. The highest BCUT2D eigenvalue weighted by atomic mass is 16.6. The maximum absolute atomic E-state index is 12.2. The third kappa shape index (κ3) is 5.60. The average molecular weight is 410 g/mol. The summed E-state index contributed by atoms with van der Waals surface area (Å²) in [7, 11) is 2.13. The number of benzene rings is 2. The van der Waals surface area contributed by atoms with E-state index in [4.69, 9.17) is 15.9 Å². The molecule has 6 nitrogen and oxygen atoms in total. The van der Waals surface area contributed by atoms with Crippen molar-refractivity contribution in [2.45, 2.75) is 26.4 Å². The first-order chi connectivity index (χ1) is 14.0. The summed E-state index contributed by atoms with van der Waals surface area (Å²) in [6.45, 7) is 9.78. The number of nitrogens with one attached hydrogen (secondary N) is 1. The molecule has 0 atom stereocenters. The molecule has 0 bridgehead atoms. The van der Waals surface area contributed by atoms with Crippen LogP contribution in [0.5, 0.6) is 0 Å². The number of anilines is 1. The molecule has 6 heteroatoms. The second-order valence-electron chi connectivity index (χ2n) is 9.34. The van der Waals surface area contributed by atoms with Gasteiger partial charge in [0.25, 0.3) is 0 Å².